The molecule has 2 aromatic rings. The Morgan fingerprint density at radius 2 is 2.17 bits per heavy atom. The summed E-state index contributed by atoms with van der Waals surface area (Å²) in [7, 11) is 0. The molecule has 0 aliphatic carbocycles. The molecule has 0 unspecified atom stereocenters. The van der Waals surface area contributed by atoms with E-state index in [1.165, 1.54) is 4.68 Å². The summed E-state index contributed by atoms with van der Waals surface area (Å²) in [5, 5.41) is 12.7. The normalized spacial score (nSPS) is 12.0. The monoisotopic (exact) mass is 363 g/mol. The molecule has 23 heavy (non-hydrogen) atoms. The Kier molecular flexibility index (Phi) is 5.29. The van der Waals surface area contributed by atoms with E-state index in [0.29, 0.717) is 19.5 Å². The van der Waals surface area contributed by atoms with Gasteiger partial charge in [-0.05, 0) is 24.8 Å². The van der Waals surface area contributed by atoms with Gasteiger partial charge in [-0.3, -0.25) is 9.30 Å². The van der Waals surface area contributed by atoms with E-state index in [2.05, 4.69) is 5.10 Å². The fraction of sp³-hybridized carbons (Fsp3) is 0.462. The second-order valence-electron chi connectivity index (χ2n) is 4.81. The van der Waals surface area contributed by atoms with Crippen LogP contribution in [0.1, 0.15) is 18.9 Å². The summed E-state index contributed by atoms with van der Waals surface area (Å²) in [6, 6.07) is 2.87. The van der Waals surface area contributed by atoms with E-state index in [4.69, 9.17) is 29.1 Å². The minimum atomic E-state index is -4.52. The Bertz CT molecular complexity index is 805. The maximum absolute atomic E-state index is 12.9. The van der Waals surface area contributed by atoms with E-state index in [9.17, 15) is 13.2 Å². The second-order valence-corrected chi connectivity index (χ2v) is 5.58. The van der Waals surface area contributed by atoms with Crippen LogP contribution in [0.2, 0.25) is 5.02 Å². The van der Waals surface area contributed by atoms with Crippen molar-refractivity contribution in [2.24, 2.45) is 0 Å². The number of fused-ring (bicyclic) bond motifs is 1. The summed E-state index contributed by atoms with van der Waals surface area (Å²) >= 11 is 11.1. The molecular weight excluding hydrogens is 351 g/mol. The lowest BCUT2D eigenvalue weighted by atomic mass is 10.3. The highest BCUT2D eigenvalue weighted by Gasteiger charge is 2.32. The smallest absolute Gasteiger partial charge is 0.284 e. The third kappa shape index (κ3) is 3.83. The van der Waals surface area contributed by atoms with Crippen LogP contribution >= 0.6 is 23.8 Å². The van der Waals surface area contributed by atoms with Crippen molar-refractivity contribution in [2.45, 2.75) is 26.2 Å². The molecule has 10 heteroatoms. The van der Waals surface area contributed by atoms with Crippen LogP contribution in [-0.4, -0.2) is 32.2 Å². The molecule has 0 N–H and O–H groups in total. The first-order valence-electron chi connectivity index (χ1n) is 6.73. The summed E-state index contributed by atoms with van der Waals surface area (Å²) in [5.74, 6) is 0. The van der Waals surface area contributed by atoms with E-state index >= 15 is 0 Å². The summed E-state index contributed by atoms with van der Waals surface area (Å²) < 4.78 is 41.3. The number of hydrogen-bond acceptors (Lipinski definition) is 4. The summed E-state index contributed by atoms with van der Waals surface area (Å²) in [5.41, 5.74) is -0.719. The Balaban J connectivity index is 2.44. The summed E-state index contributed by atoms with van der Waals surface area (Å²) in [4.78, 5) is 1.91. The van der Waals surface area contributed by atoms with Gasteiger partial charge in [0, 0.05) is 19.2 Å². The van der Waals surface area contributed by atoms with Crippen molar-refractivity contribution in [1.82, 2.24) is 19.1 Å². The first-order chi connectivity index (χ1) is 10.8. The van der Waals surface area contributed by atoms with Crippen LogP contribution in [0, 0.1) is 16.1 Å². The average Bonchev–Trinajstić information content (AvgIpc) is 2.80. The fourth-order valence-corrected chi connectivity index (χ4v) is 2.53. The Morgan fingerprint density at radius 3 is 2.74 bits per heavy atom. The number of halogens is 4. The molecule has 0 atom stereocenters. The van der Waals surface area contributed by atoms with Gasteiger partial charge < -0.3 is 0 Å². The summed E-state index contributed by atoms with van der Waals surface area (Å²) in [6.07, 6.45) is -3.29. The molecule has 2 rings (SSSR count). The lowest BCUT2D eigenvalue weighted by Crippen LogP contribution is -2.27. The van der Waals surface area contributed by atoms with Gasteiger partial charge in [0.05, 0.1) is 23.3 Å². The molecule has 0 amide bonds. The van der Waals surface area contributed by atoms with Gasteiger partial charge in [-0.15, -0.1) is 5.10 Å². The average molecular weight is 364 g/mol. The summed E-state index contributed by atoms with van der Waals surface area (Å²) in [6.45, 7) is 3.35. The van der Waals surface area contributed by atoms with Crippen molar-refractivity contribution < 1.29 is 13.2 Å². The molecule has 0 spiro atoms. The highest BCUT2D eigenvalue weighted by molar-refractivity contribution is 7.71. The van der Waals surface area contributed by atoms with Gasteiger partial charge in [-0.25, -0.2) is 4.68 Å². The highest BCUT2D eigenvalue weighted by atomic mass is 35.5. The van der Waals surface area contributed by atoms with Crippen molar-refractivity contribution in [3.05, 3.63) is 27.6 Å². The molecule has 0 aromatic carbocycles. The standard InChI is InChI=1S/C13H13ClF3N5S/c1-2-20(5-3-4-18)8-22-12(23)21-7-9(13(15,16)17)6-10(14)11(21)19-22/h6-7H,2-3,5,8H2,1H3. The van der Waals surface area contributed by atoms with Crippen LogP contribution in [0.3, 0.4) is 0 Å². The van der Waals surface area contributed by atoms with E-state index in [0.717, 1.165) is 16.7 Å². The lowest BCUT2D eigenvalue weighted by Gasteiger charge is -2.18. The molecule has 0 saturated heterocycles. The van der Waals surface area contributed by atoms with Crippen molar-refractivity contribution >= 4 is 29.5 Å². The van der Waals surface area contributed by atoms with E-state index in [-0.39, 0.29) is 22.1 Å². The zero-order valence-corrected chi connectivity index (χ0v) is 13.7. The first-order valence-corrected chi connectivity index (χ1v) is 7.51. The number of pyridine rings is 1. The quantitative estimate of drug-likeness (QED) is 0.759. The number of aromatic nitrogens is 3. The van der Waals surface area contributed by atoms with Crippen LogP contribution in [-0.2, 0) is 12.8 Å². The predicted octanol–water partition coefficient (Wildman–Crippen LogP) is 3.73. The largest absolute Gasteiger partial charge is 0.417 e. The first kappa shape index (κ1) is 17.7. The zero-order chi connectivity index (χ0) is 17.2. The van der Waals surface area contributed by atoms with E-state index in [1.807, 2.05) is 17.9 Å². The Hall–Kier alpha value is -1.63. The highest BCUT2D eigenvalue weighted by Crippen LogP contribution is 2.32. The number of rotatable bonds is 5. The number of hydrogen-bond donors (Lipinski definition) is 0. The molecule has 0 radical (unpaired) electrons. The molecule has 0 aliphatic rings. The molecule has 2 aromatic heterocycles. The van der Waals surface area contributed by atoms with Gasteiger partial charge in [-0.2, -0.15) is 18.4 Å². The number of nitriles is 1. The molecule has 0 saturated carbocycles. The Labute approximate surface area is 140 Å². The molecule has 0 aliphatic heterocycles. The molecule has 0 fully saturated rings. The maximum atomic E-state index is 12.9. The second kappa shape index (κ2) is 6.86. The van der Waals surface area contributed by atoms with Gasteiger partial charge in [0.15, 0.2) is 5.65 Å². The third-order valence-electron chi connectivity index (χ3n) is 3.28. The van der Waals surface area contributed by atoms with Gasteiger partial charge in [0.25, 0.3) is 0 Å². The van der Waals surface area contributed by atoms with E-state index in [1.54, 1.807) is 0 Å². The van der Waals surface area contributed by atoms with Crippen molar-refractivity contribution in [2.75, 3.05) is 13.1 Å². The van der Waals surface area contributed by atoms with E-state index < -0.39 is 11.7 Å². The number of alkyl halides is 3. The van der Waals surface area contributed by atoms with Gasteiger partial charge in [-0.1, -0.05) is 18.5 Å². The predicted molar refractivity (Wildman–Crippen MR) is 81.5 cm³/mol. The minimum absolute atomic E-state index is 0.114. The van der Waals surface area contributed by atoms with Crippen LogP contribution < -0.4 is 0 Å². The molecule has 124 valence electrons. The van der Waals surface area contributed by atoms with Crippen LogP contribution in [0.25, 0.3) is 5.65 Å². The van der Waals surface area contributed by atoms with Gasteiger partial charge >= 0.3 is 6.18 Å². The minimum Gasteiger partial charge on any atom is -0.284 e. The lowest BCUT2D eigenvalue weighted by molar-refractivity contribution is -0.137. The molecule has 2 heterocycles. The SMILES string of the molecule is CCN(CCC#N)Cn1nc2c(Cl)cc(C(F)(F)F)cn2c1=S. The number of nitrogens with zero attached hydrogens (tertiary/aromatic N) is 5. The van der Waals surface area contributed by atoms with Gasteiger partial charge in [0.2, 0.25) is 4.77 Å². The maximum Gasteiger partial charge on any atom is 0.417 e. The van der Waals surface area contributed by atoms with Crippen LogP contribution in [0.5, 0.6) is 0 Å². The fourth-order valence-electron chi connectivity index (χ4n) is 2.05. The van der Waals surface area contributed by atoms with Gasteiger partial charge in [0.1, 0.15) is 0 Å². The van der Waals surface area contributed by atoms with Crippen molar-refractivity contribution in [3.8, 4) is 6.07 Å². The van der Waals surface area contributed by atoms with Crippen molar-refractivity contribution in [3.63, 3.8) is 0 Å². The van der Waals surface area contributed by atoms with Crippen molar-refractivity contribution in [1.29, 1.82) is 5.26 Å². The third-order valence-corrected chi connectivity index (χ3v) is 3.97. The molecule has 0 bridgehead atoms. The molecular formula is C13H13ClF3N5S. The zero-order valence-electron chi connectivity index (χ0n) is 12.1. The topological polar surface area (TPSA) is 49.3 Å². The Morgan fingerprint density at radius 1 is 1.48 bits per heavy atom. The van der Waals surface area contributed by atoms with Crippen LogP contribution in [0.15, 0.2) is 12.3 Å². The molecule has 5 nitrogen and oxygen atoms in total. The van der Waals surface area contributed by atoms with Crippen LogP contribution in [0.4, 0.5) is 13.2 Å².